The van der Waals surface area contributed by atoms with Crippen LogP contribution in [-0.4, -0.2) is 33.2 Å². The third-order valence-electron chi connectivity index (χ3n) is 4.42. The van der Waals surface area contributed by atoms with Crippen LogP contribution in [0.25, 0.3) is 0 Å². The van der Waals surface area contributed by atoms with Gasteiger partial charge in [0.2, 0.25) is 15.9 Å². The minimum absolute atomic E-state index is 0.0766. The molecule has 0 atom stereocenters. The number of nitrogens with one attached hydrogen (secondary N) is 1. The van der Waals surface area contributed by atoms with Gasteiger partial charge in [0.15, 0.2) is 0 Å². The standard InChI is InChI=1S/C21H28N2O3S/c1-3-19-11-13-21(14-12-19)23(18(2)24)16-15-22-27(25,26)17-7-10-20-8-5-4-6-9-20/h4-6,8-9,11-14,22H,3,7,10,15-17H2,1-2H3. The number of carbonyl (C=O) groups excluding carboxylic acids is 1. The number of anilines is 1. The Morgan fingerprint density at radius 1 is 1.00 bits per heavy atom. The van der Waals surface area contributed by atoms with Crippen LogP contribution in [0.3, 0.4) is 0 Å². The molecule has 2 aromatic rings. The van der Waals surface area contributed by atoms with Crippen molar-refractivity contribution >= 4 is 21.6 Å². The van der Waals surface area contributed by atoms with Crippen LogP contribution in [0.1, 0.15) is 31.4 Å². The molecule has 0 bridgehead atoms. The fraction of sp³-hybridized carbons (Fsp3) is 0.381. The Bertz CT molecular complexity index is 818. The first-order valence-electron chi connectivity index (χ1n) is 9.29. The molecule has 0 radical (unpaired) electrons. The topological polar surface area (TPSA) is 66.5 Å². The van der Waals surface area contributed by atoms with Crippen LogP contribution in [0, 0.1) is 0 Å². The van der Waals surface area contributed by atoms with Crippen LogP contribution >= 0.6 is 0 Å². The van der Waals surface area contributed by atoms with Gasteiger partial charge in [-0.2, -0.15) is 0 Å². The second-order valence-corrected chi connectivity index (χ2v) is 8.42. The molecule has 0 aliphatic rings. The van der Waals surface area contributed by atoms with E-state index in [2.05, 4.69) is 11.6 Å². The summed E-state index contributed by atoms with van der Waals surface area (Å²) in [7, 11) is -3.35. The third-order valence-corrected chi connectivity index (χ3v) is 5.89. The second kappa shape index (κ2) is 10.2. The van der Waals surface area contributed by atoms with E-state index in [4.69, 9.17) is 0 Å². The first-order valence-corrected chi connectivity index (χ1v) is 10.9. The van der Waals surface area contributed by atoms with Crippen molar-refractivity contribution in [1.82, 2.24) is 4.72 Å². The van der Waals surface area contributed by atoms with E-state index in [9.17, 15) is 13.2 Å². The third kappa shape index (κ3) is 7.15. The molecule has 0 aliphatic carbocycles. The molecule has 0 spiro atoms. The molecular formula is C21H28N2O3S. The summed E-state index contributed by atoms with van der Waals surface area (Å²) < 4.78 is 27.0. The van der Waals surface area contributed by atoms with Gasteiger partial charge < -0.3 is 4.90 Å². The lowest BCUT2D eigenvalue weighted by Crippen LogP contribution is -2.38. The predicted molar refractivity (Wildman–Crippen MR) is 110 cm³/mol. The lowest BCUT2D eigenvalue weighted by atomic mass is 10.1. The average molecular weight is 389 g/mol. The van der Waals surface area contributed by atoms with Crippen LogP contribution in [0.15, 0.2) is 54.6 Å². The van der Waals surface area contributed by atoms with Gasteiger partial charge in [-0.15, -0.1) is 0 Å². The van der Waals surface area contributed by atoms with Gasteiger partial charge in [0.1, 0.15) is 0 Å². The average Bonchev–Trinajstić information content (AvgIpc) is 2.66. The number of carbonyl (C=O) groups is 1. The number of benzene rings is 2. The Morgan fingerprint density at radius 3 is 2.26 bits per heavy atom. The molecule has 1 N–H and O–H groups in total. The highest BCUT2D eigenvalue weighted by Crippen LogP contribution is 2.15. The van der Waals surface area contributed by atoms with Gasteiger partial charge in [-0.25, -0.2) is 13.1 Å². The van der Waals surface area contributed by atoms with Crippen LogP contribution in [0.4, 0.5) is 5.69 Å². The molecule has 0 saturated heterocycles. The Morgan fingerprint density at radius 2 is 1.67 bits per heavy atom. The molecule has 0 unspecified atom stereocenters. The maximum atomic E-state index is 12.2. The maximum Gasteiger partial charge on any atom is 0.223 e. The van der Waals surface area contributed by atoms with Crippen molar-refractivity contribution in [1.29, 1.82) is 0 Å². The van der Waals surface area contributed by atoms with Gasteiger partial charge in [-0.1, -0.05) is 49.4 Å². The van der Waals surface area contributed by atoms with Gasteiger partial charge in [0.25, 0.3) is 0 Å². The van der Waals surface area contributed by atoms with E-state index in [-0.39, 0.29) is 18.2 Å². The van der Waals surface area contributed by atoms with Crippen molar-refractivity contribution in [2.75, 3.05) is 23.7 Å². The molecule has 1 amide bonds. The van der Waals surface area contributed by atoms with Crippen LogP contribution in [0.5, 0.6) is 0 Å². The molecule has 2 aromatic carbocycles. The van der Waals surface area contributed by atoms with Crippen LogP contribution < -0.4 is 9.62 Å². The molecule has 146 valence electrons. The number of rotatable bonds is 10. The first-order chi connectivity index (χ1) is 12.9. The zero-order valence-electron chi connectivity index (χ0n) is 16.0. The summed E-state index contributed by atoms with van der Waals surface area (Å²) in [6.45, 7) is 4.06. The predicted octanol–water partition coefficient (Wildman–Crippen LogP) is 3.15. The molecule has 0 fully saturated rings. The summed E-state index contributed by atoms with van der Waals surface area (Å²) in [6.07, 6.45) is 2.22. The molecule has 0 heterocycles. The van der Waals surface area contributed by atoms with Crippen molar-refractivity contribution < 1.29 is 13.2 Å². The van der Waals surface area contributed by atoms with E-state index in [1.807, 2.05) is 54.6 Å². The monoisotopic (exact) mass is 388 g/mol. The Balaban J connectivity index is 1.83. The minimum atomic E-state index is -3.35. The minimum Gasteiger partial charge on any atom is -0.311 e. The maximum absolute atomic E-state index is 12.2. The van der Waals surface area contributed by atoms with Gasteiger partial charge in [-0.3, -0.25) is 4.79 Å². The van der Waals surface area contributed by atoms with Crippen LogP contribution in [0.2, 0.25) is 0 Å². The zero-order chi connectivity index (χ0) is 19.7. The highest BCUT2D eigenvalue weighted by atomic mass is 32.2. The Kier molecular flexibility index (Phi) is 8.00. The van der Waals surface area contributed by atoms with E-state index < -0.39 is 10.0 Å². The van der Waals surface area contributed by atoms with Crippen molar-refractivity contribution in [3.8, 4) is 0 Å². The van der Waals surface area contributed by atoms with Gasteiger partial charge in [0.05, 0.1) is 5.75 Å². The molecule has 0 aromatic heterocycles. The molecule has 5 nitrogen and oxygen atoms in total. The van der Waals surface area contributed by atoms with E-state index in [1.54, 1.807) is 4.90 Å². The van der Waals surface area contributed by atoms with Crippen molar-refractivity contribution in [3.05, 3.63) is 65.7 Å². The molecule has 2 rings (SSSR count). The normalized spacial score (nSPS) is 11.3. The van der Waals surface area contributed by atoms with Crippen molar-refractivity contribution in [3.63, 3.8) is 0 Å². The van der Waals surface area contributed by atoms with E-state index in [1.165, 1.54) is 12.5 Å². The summed E-state index contributed by atoms with van der Waals surface area (Å²) in [5.41, 5.74) is 3.11. The van der Waals surface area contributed by atoms with Gasteiger partial charge >= 0.3 is 0 Å². The number of amides is 1. The number of aryl methyl sites for hydroxylation is 2. The Labute approximate surface area is 162 Å². The fourth-order valence-electron chi connectivity index (χ4n) is 2.88. The molecule has 0 aliphatic heterocycles. The molecule has 27 heavy (non-hydrogen) atoms. The lowest BCUT2D eigenvalue weighted by Gasteiger charge is -2.21. The molecular weight excluding hydrogens is 360 g/mol. The summed E-state index contributed by atoms with van der Waals surface area (Å²) >= 11 is 0. The van der Waals surface area contributed by atoms with E-state index in [0.29, 0.717) is 13.0 Å². The van der Waals surface area contributed by atoms with Crippen molar-refractivity contribution in [2.45, 2.75) is 33.1 Å². The molecule has 0 saturated carbocycles. The quantitative estimate of drug-likeness (QED) is 0.680. The highest BCUT2D eigenvalue weighted by Gasteiger charge is 2.14. The summed E-state index contributed by atoms with van der Waals surface area (Å²) in [4.78, 5) is 13.5. The number of hydrogen-bond donors (Lipinski definition) is 1. The van der Waals surface area contributed by atoms with E-state index >= 15 is 0 Å². The SMILES string of the molecule is CCc1ccc(N(CCNS(=O)(=O)CCCc2ccccc2)C(C)=O)cc1. The van der Waals surface area contributed by atoms with Crippen LogP contribution in [-0.2, 0) is 27.7 Å². The summed E-state index contributed by atoms with van der Waals surface area (Å²) in [5, 5.41) is 0. The molecule has 6 heteroatoms. The zero-order valence-corrected chi connectivity index (χ0v) is 16.8. The lowest BCUT2D eigenvalue weighted by molar-refractivity contribution is -0.116. The number of sulfonamides is 1. The largest absolute Gasteiger partial charge is 0.311 e. The summed E-state index contributed by atoms with van der Waals surface area (Å²) in [6, 6.07) is 17.6. The van der Waals surface area contributed by atoms with Crippen molar-refractivity contribution in [2.24, 2.45) is 0 Å². The van der Waals surface area contributed by atoms with Gasteiger partial charge in [0, 0.05) is 25.7 Å². The second-order valence-electron chi connectivity index (χ2n) is 6.49. The Hall–Kier alpha value is -2.18. The van der Waals surface area contributed by atoms with Gasteiger partial charge in [-0.05, 0) is 42.5 Å². The first kappa shape index (κ1) is 21.1. The van der Waals surface area contributed by atoms with E-state index in [0.717, 1.165) is 24.1 Å². The summed E-state index contributed by atoms with van der Waals surface area (Å²) in [5.74, 6) is -0.0322. The fourth-order valence-corrected chi connectivity index (χ4v) is 3.95. The number of hydrogen-bond acceptors (Lipinski definition) is 3. The number of nitrogens with zero attached hydrogens (tertiary/aromatic N) is 1. The highest BCUT2D eigenvalue weighted by molar-refractivity contribution is 7.89. The smallest absolute Gasteiger partial charge is 0.223 e.